The molecule has 0 spiro atoms. The van der Waals surface area contributed by atoms with Gasteiger partial charge in [0.2, 0.25) is 0 Å². The lowest BCUT2D eigenvalue weighted by molar-refractivity contribution is 0.584. The van der Waals surface area contributed by atoms with Crippen molar-refractivity contribution >= 4 is 16.2 Å². The van der Waals surface area contributed by atoms with Crippen molar-refractivity contribution in [2.24, 2.45) is 5.10 Å². The molecule has 0 aliphatic carbocycles. The third kappa shape index (κ3) is 3.66. The van der Waals surface area contributed by atoms with Gasteiger partial charge in [-0.25, -0.2) is 4.83 Å². The quantitative estimate of drug-likeness (QED) is 0.632. The SMILES string of the molecule is CCC/C=N\NS(=O)(=O)c1ccc(C)cc1. The van der Waals surface area contributed by atoms with Crippen LogP contribution in [0, 0.1) is 6.92 Å². The van der Waals surface area contributed by atoms with Crippen LogP contribution in [0.4, 0.5) is 0 Å². The Bertz CT molecular complexity index is 449. The second kappa shape index (κ2) is 5.65. The van der Waals surface area contributed by atoms with Crippen LogP contribution in [-0.2, 0) is 10.0 Å². The fraction of sp³-hybridized carbons (Fsp3) is 0.364. The van der Waals surface area contributed by atoms with Crippen molar-refractivity contribution in [1.29, 1.82) is 0 Å². The first-order chi connectivity index (χ1) is 7.56. The van der Waals surface area contributed by atoms with Gasteiger partial charge in [0.1, 0.15) is 0 Å². The highest BCUT2D eigenvalue weighted by Gasteiger charge is 2.11. The molecule has 1 aromatic carbocycles. The van der Waals surface area contributed by atoms with Crippen molar-refractivity contribution in [3.63, 3.8) is 0 Å². The number of unbranched alkanes of at least 4 members (excludes halogenated alkanes) is 1. The number of aryl methyl sites for hydroxylation is 1. The van der Waals surface area contributed by atoms with E-state index in [1.54, 1.807) is 30.5 Å². The zero-order chi connectivity index (χ0) is 12.0. The molecule has 1 aromatic rings. The summed E-state index contributed by atoms with van der Waals surface area (Å²) < 4.78 is 23.4. The molecule has 0 unspecified atom stereocenters. The third-order valence-corrected chi connectivity index (χ3v) is 3.25. The van der Waals surface area contributed by atoms with E-state index in [2.05, 4.69) is 9.93 Å². The molecule has 0 heterocycles. The maximum atomic E-state index is 11.7. The first kappa shape index (κ1) is 12.7. The number of benzene rings is 1. The van der Waals surface area contributed by atoms with Crippen LogP contribution in [0.3, 0.4) is 0 Å². The van der Waals surface area contributed by atoms with E-state index >= 15 is 0 Å². The maximum absolute atomic E-state index is 11.7. The van der Waals surface area contributed by atoms with Crippen LogP contribution < -0.4 is 4.83 Å². The van der Waals surface area contributed by atoms with Crippen LogP contribution >= 0.6 is 0 Å². The smallest absolute Gasteiger partial charge is 0.200 e. The molecule has 0 aromatic heterocycles. The summed E-state index contributed by atoms with van der Waals surface area (Å²) in [5.41, 5.74) is 1.02. The number of nitrogens with zero attached hydrogens (tertiary/aromatic N) is 1. The van der Waals surface area contributed by atoms with Gasteiger partial charge in [-0.3, -0.25) is 0 Å². The average Bonchev–Trinajstić information content (AvgIpc) is 2.25. The minimum Gasteiger partial charge on any atom is -0.200 e. The van der Waals surface area contributed by atoms with Gasteiger partial charge in [-0.2, -0.15) is 13.5 Å². The summed E-state index contributed by atoms with van der Waals surface area (Å²) in [5.74, 6) is 0. The van der Waals surface area contributed by atoms with Gasteiger partial charge in [-0.15, -0.1) is 0 Å². The van der Waals surface area contributed by atoms with Gasteiger partial charge in [0.25, 0.3) is 10.0 Å². The molecule has 0 fully saturated rings. The van der Waals surface area contributed by atoms with E-state index in [9.17, 15) is 8.42 Å². The van der Waals surface area contributed by atoms with Crippen LogP contribution in [0.1, 0.15) is 25.3 Å². The van der Waals surface area contributed by atoms with E-state index in [0.717, 1.165) is 18.4 Å². The molecule has 0 aliphatic heterocycles. The minimum atomic E-state index is -3.51. The Balaban J connectivity index is 2.74. The number of nitrogens with one attached hydrogen (secondary N) is 1. The van der Waals surface area contributed by atoms with E-state index in [1.807, 2.05) is 13.8 Å². The standard InChI is InChI=1S/C11H16N2O2S/c1-3-4-9-12-13-16(14,15)11-7-5-10(2)6-8-11/h5-9,13H,3-4H2,1-2H3/b12-9-. The zero-order valence-electron chi connectivity index (χ0n) is 9.47. The summed E-state index contributed by atoms with van der Waals surface area (Å²) in [6, 6.07) is 6.63. The summed E-state index contributed by atoms with van der Waals surface area (Å²) in [4.78, 5) is 2.40. The molecular formula is C11H16N2O2S. The molecule has 16 heavy (non-hydrogen) atoms. The first-order valence-corrected chi connectivity index (χ1v) is 6.64. The molecule has 0 aliphatic rings. The van der Waals surface area contributed by atoms with Crippen LogP contribution in [0.25, 0.3) is 0 Å². The molecule has 5 heteroatoms. The number of hydrogen-bond donors (Lipinski definition) is 1. The highest BCUT2D eigenvalue weighted by Crippen LogP contribution is 2.09. The van der Waals surface area contributed by atoms with E-state index in [0.29, 0.717) is 0 Å². The summed E-state index contributed by atoms with van der Waals surface area (Å²) in [6.07, 6.45) is 3.26. The van der Waals surface area contributed by atoms with Crippen molar-refractivity contribution in [1.82, 2.24) is 4.83 Å². The van der Waals surface area contributed by atoms with Crippen molar-refractivity contribution in [2.45, 2.75) is 31.6 Å². The van der Waals surface area contributed by atoms with E-state index in [1.165, 1.54) is 0 Å². The van der Waals surface area contributed by atoms with Gasteiger partial charge >= 0.3 is 0 Å². The Labute approximate surface area is 96.4 Å². The average molecular weight is 240 g/mol. The Hall–Kier alpha value is -1.36. The van der Waals surface area contributed by atoms with Gasteiger partial charge in [0, 0.05) is 6.21 Å². The molecule has 88 valence electrons. The number of hydrazone groups is 1. The van der Waals surface area contributed by atoms with Crippen LogP contribution in [0.15, 0.2) is 34.3 Å². The lowest BCUT2D eigenvalue weighted by atomic mass is 10.2. The van der Waals surface area contributed by atoms with E-state index in [4.69, 9.17) is 0 Å². The Morgan fingerprint density at radius 1 is 1.31 bits per heavy atom. The van der Waals surface area contributed by atoms with Crippen molar-refractivity contribution in [3.8, 4) is 0 Å². The van der Waals surface area contributed by atoms with Gasteiger partial charge < -0.3 is 0 Å². The van der Waals surface area contributed by atoms with Crippen LogP contribution in [-0.4, -0.2) is 14.6 Å². The van der Waals surface area contributed by atoms with Gasteiger partial charge in [-0.05, 0) is 25.5 Å². The second-order valence-corrected chi connectivity index (χ2v) is 5.17. The third-order valence-electron chi connectivity index (χ3n) is 2.01. The molecule has 0 saturated heterocycles. The topological polar surface area (TPSA) is 58.5 Å². The Morgan fingerprint density at radius 3 is 2.50 bits per heavy atom. The van der Waals surface area contributed by atoms with Crippen LogP contribution in [0.2, 0.25) is 0 Å². The minimum absolute atomic E-state index is 0.228. The number of hydrogen-bond acceptors (Lipinski definition) is 3. The van der Waals surface area contributed by atoms with E-state index in [-0.39, 0.29) is 4.90 Å². The number of rotatable bonds is 5. The summed E-state index contributed by atoms with van der Waals surface area (Å²) in [5, 5.41) is 3.67. The lowest BCUT2D eigenvalue weighted by Gasteiger charge is -2.03. The molecule has 0 amide bonds. The Kier molecular flexibility index (Phi) is 4.49. The van der Waals surface area contributed by atoms with Crippen molar-refractivity contribution < 1.29 is 8.42 Å². The van der Waals surface area contributed by atoms with Crippen molar-refractivity contribution in [3.05, 3.63) is 29.8 Å². The Morgan fingerprint density at radius 2 is 1.94 bits per heavy atom. The number of sulfonamides is 1. The lowest BCUT2D eigenvalue weighted by Crippen LogP contribution is -2.18. The van der Waals surface area contributed by atoms with Crippen LogP contribution in [0.5, 0.6) is 0 Å². The first-order valence-electron chi connectivity index (χ1n) is 5.16. The molecule has 1 rings (SSSR count). The molecule has 0 atom stereocenters. The predicted octanol–water partition coefficient (Wildman–Crippen LogP) is 2.06. The molecule has 0 bridgehead atoms. The largest absolute Gasteiger partial charge is 0.276 e. The summed E-state index contributed by atoms with van der Waals surface area (Å²) in [7, 11) is -3.51. The second-order valence-electron chi connectivity index (χ2n) is 3.51. The van der Waals surface area contributed by atoms with Gasteiger partial charge in [0.15, 0.2) is 0 Å². The van der Waals surface area contributed by atoms with E-state index < -0.39 is 10.0 Å². The maximum Gasteiger partial charge on any atom is 0.276 e. The fourth-order valence-electron chi connectivity index (χ4n) is 1.07. The molecule has 1 N–H and O–H groups in total. The zero-order valence-corrected chi connectivity index (χ0v) is 10.3. The summed E-state index contributed by atoms with van der Waals surface area (Å²) >= 11 is 0. The van der Waals surface area contributed by atoms with Gasteiger partial charge in [-0.1, -0.05) is 31.0 Å². The molecule has 0 saturated carbocycles. The fourth-order valence-corrected chi connectivity index (χ4v) is 1.88. The highest BCUT2D eigenvalue weighted by molar-refractivity contribution is 7.89. The van der Waals surface area contributed by atoms with Gasteiger partial charge in [0.05, 0.1) is 4.90 Å². The normalized spacial score (nSPS) is 11.9. The predicted molar refractivity (Wildman–Crippen MR) is 64.9 cm³/mol. The summed E-state index contributed by atoms with van der Waals surface area (Å²) in [6.45, 7) is 3.91. The monoisotopic (exact) mass is 240 g/mol. The highest BCUT2D eigenvalue weighted by atomic mass is 32.2. The molecule has 4 nitrogen and oxygen atoms in total. The molecule has 0 radical (unpaired) electrons. The molecular weight excluding hydrogens is 224 g/mol. The van der Waals surface area contributed by atoms with Crippen molar-refractivity contribution in [2.75, 3.05) is 0 Å².